The summed E-state index contributed by atoms with van der Waals surface area (Å²) in [5.74, 6) is 0.830. The third kappa shape index (κ3) is 4.40. The molecule has 0 radical (unpaired) electrons. The molecule has 0 aromatic heterocycles. The first-order valence-corrected chi connectivity index (χ1v) is 6.60. The molecule has 0 aliphatic carbocycles. The van der Waals surface area contributed by atoms with Crippen LogP contribution in [-0.4, -0.2) is 49.8 Å². The SMILES string of the molecule is CCC(C)(CO)CNCC1CCN(C)CC1. The van der Waals surface area contributed by atoms with Crippen molar-refractivity contribution >= 4 is 0 Å². The highest BCUT2D eigenvalue weighted by Crippen LogP contribution is 2.19. The first-order valence-electron chi connectivity index (χ1n) is 6.60. The number of aliphatic hydroxyl groups excluding tert-OH is 1. The Hall–Kier alpha value is -0.120. The van der Waals surface area contributed by atoms with Crippen molar-refractivity contribution < 1.29 is 5.11 Å². The standard InChI is InChI=1S/C13H28N2O/c1-4-13(2,11-16)10-14-9-12-5-7-15(3)8-6-12/h12,14,16H,4-11H2,1-3H3. The second-order valence-electron chi connectivity index (χ2n) is 5.70. The summed E-state index contributed by atoms with van der Waals surface area (Å²) in [4.78, 5) is 2.40. The van der Waals surface area contributed by atoms with Crippen LogP contribution in [0.1, 0.15) is 33.1 Å². The fraction of sp³-hybridized carbons (Fsp3) is 1.00. The number of nitrogens with zero attached hydrogens (tertiary/aromatic N) is 1. The van der Waals surface area contributed by atoms with Crippen LogP contribution in [0.15, 0.2) is 0 Å². The molecule has 0 aromatic carbocycles. The highest BCUT2D eigenvalue weighted by Gasteiger charge is 2.22. The molecule has 96 valence electrons. The van der Waals surface area contributed by atoms with Crippen LogP contribution in [0, 0.1) is 11.3 Å². The Balaban J connectivity index is 2.15. The highest BCUT2D eigenvalue weighted by atomic mass is 16.3. The van der Waals surface area contributed by atoms with E-state index in [9.17, 15) is 5.11 Å². The van der Waals surface area contributed by atoms with Crippen molar-refractivity contribution in [1.82, 2.24) is 10.2 Å². The van der Waals surface area contributed by atoms with E-state index in [2.05, 4.69) is 31.1 Å². The van der Waals surface area contributed by atoms with Gasteiger partial charge in [-0.2, -0.15) is 0 Å². The predicted octanol–water partition coefficient (Wildman–Crippen LogP) is 1.33. The monoisotopic (exact) mass is 228 g/mol. The number of hydrogen-bond acceptors (Lipinski definition) is 3. The smallest absolute Gasteiger partial charge is 0.0496 e. The minimum absolute atomic E-state index is 0.0610. The molecule has 2 N–H and O–H groups in total. The molecule has 1 aliphatic rings. The number of likely N-dealkylation sites (tertiary alicyclic amines) is 1. The minimum Gasteiger partial charge on any atom is -0.396 e. The van der Waals surface area contributed by atoms with Crippen molar-refractivity contribution in [3.63, 3.8) is 0 Å². The van der Waals surface area contributed by atoms with Crippen LogP contribution in [0.25, 0.3) is 0 Å². The molecule has 1 rings (SSSR count). The lowest BCUT2D eigenvalue weighted by atomic mass is 9.88. The Morgan fingerprint density at radius 2 is 2.00 bits per heavy atom. The average molecular weight is 228 g/mol. The van der Waals surface area contributed by atoms with Crippen molar-refractivity contribution in [1.29, 1.82) is 0 Å². The summed E-state index contributed by atoms with van der Waals surface area (Å²) < 4.78 is 0. The summed E-state index contributed by atoms with van der Waals surface area (Å²) >= 11 is 0. The van der Waals surface area contributed by atoms with E-state index in [1.54, 1.807) is 0 Å². The summed E-state index contributed by atoms with van der Waals surface area (Å²) in [6.45, 7) is 9.09. The van der Waals surface area contributed by atoms with Crippen LogP contribution in [0.2, 0.25) is 0 Å². The molecule has 0 aromatic rings. The molecule has 1 heterocycles. The molecule has 1 atom stereocenters. The molecular weight excluding hydrogens is 200 g/mol. The number of nitrogens with one attached hydrogen (secondary N) is 1. The van der Waals surface area contributed by atoms with Gasteiger partial charge in [0, 0.05) is 18.6 Å². The van der Waals surface area contributed by atoms with Crippen LogP contribution in [0.4, 0.5) is 0 Å². The molecule has 1 fully saturated rings. The number of hydrogen-bond donors (Lipinski definition) is 2. The quantitative estimate of drug-likeness (QED) is 0.720. The van der Waals surface area contributed by atoms with Gasteiger partial charge in [0.1, 0.15) is 0 Å². The van der Waals surface area contributed by atoms with E-state index in [1.165, 1.54) is 25.9 Å². The Kier molecular flexibility index (Phi) is 5.73. The van der Waals surface area contributed by atoms with Gasteiger partial charge >= 0.3 is 0 Å². The maximum Gasteiger partial charge on any atom is 0.0496 e. The number of aliphatic hydroxyl groups is 1. The molecule has 16 heavy (non-hydrogen) atoms. The molecule has 0 spiro atoms. The molecule has 0 saturated carbocycles. The topological polar surface area (TPSA) is 35.5 Å². The van der Waals surface area contributed by atoms with E-state index in [4.69, 9.17) is 0 Å². The maximum absolute atomic E-state index is 9.31. The molecule has 0 bridgehead atoms. The van der Waals surface area contributed by atoms with Gasteiger partial charge in [-0.3, -0.25) is 0 Å². The zero-order chi connectivity index (χ0) is 12.0. The van der Waals surface area contributed by atoms with Gasteiger partial charge < -0.3 is 15.3 Å². The van der Waals surface area contributed by atoms with Crippen molar-refractivity contribution in [3.05, 3.63) is 0 Å². The fourth-order valence-electron chi connectivity index (χ4n) is 2.14. The van der Waals surface area contributed by atoms with Gasteiger partial charge in [-0.25, -0.2) is 0 Å². The zero-order valence-corrected chi connectivity index (χ0v) is 11.1. The van der Waals surface area contributed by atoms with Gasteiger partial charge in [-0.05, 0) is 51.9 Å². The molecular formula is C13H28N2O. The normalized spacial score (nSPS) is 23.2. The van der Waals surface area contributed by atoms with E-state index in [-0.39, 0.29) is 12.0 Å². The maximum atomic E-state index is 9.31. The van der Waals surface area contributed by atoms with E-state index >= 15 is 0 Å². The summed E-state index contributed by atoms with van der Waals surface area (Å²) in [5, 5.41) is 12.8. The molecule has 0 amide bonds. The van der Waals surface area contributed by atoms with Gasteiger partial charge in [0.15, 0.2) is 0 Å². The van der Waals surface area contributed by atoms with Crippen LogP contribution >= 0.6 is 0 Å². The van der Waals surface area contributed by atoms with Crippen molar-refractivity contribution in [3.8, 4) is 0 Å². The third-order valence-electron chi connectivity index (χ3n) is 4.06. The lowest BCUT2D eigenvalue weighted by molar-refractivity contribution is 0.131. The first-order chi connectivity index (χ1) is 7.59. The second kappa shape index (κ2) is 6.58. The molecule has 3 nitrogen and oxygen atoms in total. The van der Waals surface area contributed by atoms with E-state index in [1.807, 2.05) is 0 Å². The van der Waals surface area contributed by atoms with Gasteiger partial charge in [0.2, 0.25) is 0 Å². The van der Waals surface area contributed by atoms with Crippen molar-refractivity contribution in [2.24, 2.45) is 11.3 Å². The Labute approximate surface area is 100 Å². The summed E-state index contributed by atoms with van der Waals surface area (Å²) in [6, 6.07) is 0. The molecule has 1 unspecified atom stereocenters. The van der Waals surface area contributed by atoms with Gasteiger partial charge in [-0.1, -0.05) is 13.8 Å². The summed E-state index contributed by atoms with van der Waals surface area (Å²) in [6.07, 6.45) is 3.65. The second-order valence-corrected chi connectivity index (χ2v) is 5.70. The van der Waals surface area contributed by atoms with Crippen LogP contribution in [0.5, 0.6) is 0 Å². The molecule has 3 heteroatoms. The molecule has 1 saturated heterocycles. The summed E-state index contributed by atoms with van der Waals surface area (Å²) in [5.41, 5.74) is 0.0610. The first kappa shape index (κ1) is 13.9. The summed E-state index contributed by atoms with van der Waals surface area (Å²) in [7, 11) is 2.20. The number of piperidine rings is 1. The van der Waals surface area contributed by atoms with Crippen LogP contribution in [-0.2, 0) is 0 Å². The van der Waals surface area contributed by atoms with Gasteiger partial charge in [0.05, 0.1) is 0 Å². The van der Waals surface area contributed by atoms with Gasteiger partial charge in [-0.15, -0.1) is 0 Å². The Bertz CT molecular complexity index is 184. The van der Waals surface area contributed by atoms with Crippen molar-refractivity contribution in [2.75, 3.05) is 39.8 Å². The number of rotatable bonds is 6. The van der Waals surface area contributed by atoms with Crippen LogP contribution in [0.3, 0.4) is 0 Å². The largest absolute Gasteiger partial charge is 0.396 e. The third-order valence-corrected chi connectivity index (χ3v) is 4.06. The lowest BCUT2D eigenvalue weighted by Crippen LogP contribution is -2.39. The van der Waals surface area contributed by atoms with E-state index in [0.29, 0.717) is 0 Å². The molecule has 1 aliphatic heterocycles. The van der Waals surface area contributed by atoms with Crippen molar-refractivity contribution in [2.45, 2.75) is 33.1 Å². The Morgan fingerprint density at radius 3 is 2.50 bits per heavy atom. The van der Waals surface area contributed by atoms with Crippen LogP contribution < -0.4 is 5.32 Å². The van der Waals surface area contributed by atoms with Gasteiger partial charge in [0.25, 0.3) is 0 Å². The highest BCUT2D eigenvalue weighted by molar-refractivity contribution is 4.77. The predicted molar refractivity (Wildman–Crippen MR) is 68.6 cm³/mol. The average Bonchev–Trinajstić information content (AvgIpc) is 2.31. The lowest BCUT2D eigenvalue weighted by Gasteiger charge is -2.31. The minimum atomic E-state index is 0.0610. The van der Waals surface area contributed by atoms with E-state index in [0.717, 1.165) is 25.4 Å². The van der Waals surface area contributed by atoms with E-state index < -0.39 is 0 Å². The zero-order valence-electron chi connectivity index (χ0n) is 11.1. The Morgan fingerprint density at radius 1 is 1.38 bits per heavy atom. The fourth-order valence-corrected chi connectivity index (χ4v) is 2.14.